The standard InChI is InChI=1S/C9H19/c1-6-8(3)9(4,5)7-2/h7-8H,6H2,1-5H3. The van der Waals surface area contributed by atoms with Crippen molar-refractivity contribution < 1.29 is 0 Å². The van der Waals surface area contributed by atoms with Gasteiger partial charge in [-0.25, -0.2) is 0 Å². The van der Waals surface area contributed by atoms with E-state index in [-0.39, 0.29) is 0 Å². The zero-order valence-electron chi connectivity index (χ0n) is 7.36. The summed E-state index contributed by atoms with van der Waals surface area (Å²) < 4.78 is 0. The summed E-state index contributed by atoms with van der Waals surface area (Å²) in [6.07, 6.45) is 3.57. The highest BCUT2D eigenvalue weighted by Crippen LogP contribution is 2.30. The normalized spacial score (nSPS) is 15.7. The maximum Gasteiger partial charge on any atom is -0.0300 e. The third-order valence-electron chi connectivity index (χ3n) is 2.63. The predicted molar refractivity (Wildman–Crippen MR) is 43.2 cm³/mol. The van der Waals surface area contributed by atoms with Gasteiger partial charge in [0.05, 0.1) is 0 Å². The molecular weight excluding hydrogens is 108 g/mol. The second kappa shape index (κ2) is 3.24. The lowest BCUT2D eigenvalue weighted by Gasteiger charge is -2.29. The molecule has 55 valence electrons. The first-order chi connectivity index (χ1) is 4.04. The monoisotopic (exact) mass is 127 g/mol. The van der Waals surface area contributed by atoms with Crippen molar-refractivity contribution in [2.45, 2.75) is 41.0 Å². The van der Waals surface area contributed by atoms with Gasteiger partial charge in [-0.05, 0) is 17.8 Å². The minimum absolute atomic E-state index is 0.425. The second-order valence-corrected chi connectivity index (χ2v) is 3.42. The van der Waals surface area contributed by atoms with Gasteiger partial charge in [0.1, 0.15) is 0 Å². The molecule has 0 aliphatic rings. The van der Waals surface area contributed by atoms with Crippen molar-refractivity contribution in [1.82, 2.24) is 0 Å². The van der Waals surface area contributed by atoms with E-state index in [9.17, 15) is 0 Å². The highest BCUT2D eigenvalue weighted by Gasteiger charge is 2.21. The summed E-state index contributed by atoms with van der Waals surface area (Å²) >= 11 is 0. The van der Waals surface area contributed by atoms with Crippen molar-refractivity contribution >= 4 is 0 Å². The van der Waals surface area contributed by atoms with Gasteiger partial charge in [0.15, 0.2) is 0 Å². The molecule has 1 atom stereocenters. The van der Waals surface area contributed by atoms with Crippen molar-refractivity contribution in [3.8, 4) is 0 Å². The summed E-state index contributed by atoms with van der Waals surface area (Å²) in [5.74, 6) is 0.808. The molecule has 1 radical (unpaired) electrons. The Morgan fingerprint density at radius 2 is 1.89 bits per heavy atom. The van der Waals surface area contributed by atoms with Crippen LogP contribution in [-0.4, -0.2) is 0 Å². The molecule has 0 aliphatic heterocycles. The summed E-state index contributed by atoms with van der Waals surface area (Å²) in [4.78, 5) is 0. The molecule has 0 saturated heterocycles. The molecule has 9 heavy (non-hydrogen) atoms. The molecule has 0 N–H and O–H groups in total. The summed E-state index contributed by atoms with van der Waals surface area (Å²) in [6.45, 7) is 11.3. The van der Waals surface area contributed by atoms with E-state index in [4.69, 9.17) is 0 Å². The van der Waals surface area contributed by atoms with Crippen molar-refractivity contribution in [3.63, 3.8) is 0 Å². The van der Waals surface area contributed by atoms with Crippen molar-refractivity contribution in [2.24, 2.45) is 11.3 Å². The molecule has 0 aromatic rings. The van der Waals surface area contributed by atoms with Crippen LogP contribution in [0.4, 0.5) is 0 Å². The minimum atomic E-state index is 0.425. The fraction of sp³-hybridized carbons (Fsp3) is 0.889. The van der Waals surface area contributed by atoms with Crippen LogP contribution in [0.25, 0.3) is 0 Å². The van der Waals surface area contributed by atoms with Crippen LogP contribution in [0.5, 0.6) is 0 Å². The van der Waals surface area contributed by atoms with Gasteiger partial charge in [0.2, 0.25) is 0 Å². The first-order valence-corrected chi connectivity index (χ1v) is 3.85. The third kappa shape index (κ3) is 2.38. The first kappa shape index (κ1) is 9.00. The van der Waals surface area contributed by atoms with Crippen molar-refractivity contribution in [1.29, 1.82) is 0 Å². The molecular formula is C9H19. The van der Waals surface area contributed by atoms with Crippen LogP contribution in [0.1, 0.15) is 41.0 Å². The molecule has 0 fully saturated rings. The molecule has 0 amide bonds. The molecule has 0 aromatic heterocycles. The van der Waals surface area contributed by atoms with E-state index in [1.165, 1.54) is 6.42 Å². The van der Waals surface area contributed by atoms with Gasteiger partial charge in [0, 0.05) is 0 Å². The van der Waals surface area contributed by atoms with Crippen LogP contribution in [0.2, 0.25) is 0 Å². The Balaban J connectivity index is 3.80. The minimum Gasteiger partial charge on any atom is -0.0651 e. The maximum absolute atomic E-state index is 2.31. The molecule has 0 rings (SSSR count). The van der Waals surface area contributed by atoms with Gasteiger partial charge >= 0.3 is 0 Å². The number of hydrogen-bond donors (Lipinski definition) is 0. The smallest absolute Gasteiger partial charge is 0.0300 e. The Morgan fingerprint density at radius 1 is 1.44 bits per heavy atom. The maximum atomic E-state index is 2.31. The zero-order valence-corrected chi connectivity index (χ0v) is 7.36. The third-order valence-corrected chi connectivity index (χ3v) is 2.63. The molecule has 0 saturated carbocycles. The topological polar surface area (TPSA) is 0 Å². The molecule has 0 aliphatic carbocycles. The summed E-state index contributed by atoms with van der Waals surface area (Å²) in [7, 11) is 0. The molecule has 0 nitrogen and oxygen atoms in total. The van der Waals surface area contributed by atoms with E-state index in [2.05, 4.69) is 41.0 Å². The lowest BCUT2D eigenvalue weighted by Crippen LogP contribution is -2.20. The van der Waals surface area contributed by atoms with E-state index in [0.717, 1.165) is 5.92 Å². The van der Waals surface area contributed by atoms with Gasteiger partial charge in [0.25, 0.3) is 0 Å². The molecule has 0 aromatic carbocycles. The van der Waals surface area contributed by atoms with Gasteiger partial charge < -0.3 is 0 Å². The molecule has 0 bridgehead atoms. The summed E-state index contributed by atoms with van der Waals surface area (Å²) in [6, 6.07) is 0. The Morgan fingerprint density at radius 3 is 2.00 bits per heavy atom. The molecule has 1 unspecified atom stereocenters. The van der Waals surface area contributed by atoms with E-state index >= 15 is 0 Å². The van der Waals surface area contributed by atoms with Crippen LogP contribution >= 0.6 is 0 Å². The Hall–Kier alpha value is 0. The SMILES string of the molecule is C[CH]C(C)(C)C(C)CC. The second-order valence-electron chi connectivity index (χ2n) is 3.42. The highest BCUT2D eigenvalue weighted by molar-refractivity contribution is 4.84. The van der Waals surface area contributed by atoms with Gasteiger partial charge in [-0.2, -0.15) is 0 Å². The average molecular weight is 127 g/mol. The van der Waals surface area contributed by atoms with Crippen LogP contribution in [0, 0.1) is 17.8 Å². The fourth-order valence-electron chi connectivity index (χ4n) is 0.811. The van der Waals surface area contributed by atoms with Crippen LogP contribution < -0.4 is 0 Å². The van der Waals surface area contributed by atoms with Crippen LogP contribution in [0.3, 0.4) is 0 Å². The molecule has 0 spiro atoms. The average Bonchev–Trinajstić information content (AvgIpc) is 1.86. The lowest BCUT2D eigenvalue weighted by atomic mass is 9.77. The molecule has 0 heteroatoms. The number of hydrogen-bond acceptors (Lipinski definition) is 0. The van der Waals surface area contributed by atoms with Gasteiger partial charge in [-0.3, -0.25) is 0 Å². The summed E-state index contributed by atoms with van der Waals surface area (Å²) in [5.41, 5.74) is 0.425. The Kier molecular flexibility index (Phi) is 3.24. The Labute approximate surface area is 59.7 Å². The van der Waals surface area contributed by atoms with E-state index in [1.807, 2.05) is 0 Å². The van der Waals surface area contributed by atoms with Gasteiger partial charge in [-0.15, -0.1) is 0 Å². The fourth-order valence-corrected chi connectivity index (χ4v) is 0.811. The van der Waals surface area contributed by atoms with Crippen molar-refractivity contribution in [3.05, 3.63) is 6.42 Å². The quantitative estimate of drug-likeness (QED) is 0.545. The Bertz CT molecular complexity index is 72.1. The number of rotatable bonds is 3. The van der Waals surface area contributed by atoms with E-state index in [0.29, 0.717) is 5.41 Å². The van der Waals surface area contributed by atoms with Crippen molar-refractivity contribution in [2.75, 3.05) is 0 Å². The first-order valence-electron chi connectivity index (χ1n) is 3.85. The van der Waals surface area contributed by atoms with Crippen LogP contribution in [-0.2, 0) is 0 Å². The van der Waals surface area contributed by atoms with E-state index in [1.54, 1.807) is 0 Å². The predicted octanol–water partition coefficient (Wildman–Crippen LogP) is 3.28. The van der Waals surface area contributed by atoms with Crippen LogP contribution in [0.15, 0.2) is 0 Å². The summed E-state index contributed by atoms with van der Waals surface area (Å²) in [5, 5.41) is 0. The zero-order chi connectivity index (χ0) is 7.49. The lowest BCUT2D eigenvalue weighted by molar-refractivity contribution is 0.273. The molecule has 0 heterocycles. The highest BCUT2D eigenvalue weighted by atomic mass is 14.3. The van der Waals surface area contributed by atoms with E-state index < -0.39 is 0 Å². The largest absolute Gasteiger partial charge is 0.0651 e. The van der Waals surface area contributed by atoms with Gasteiger partial charge in [-0.1, -0.05) is 41.0 Å².